The monoisotopic (exact) mass is 263 g/mol. The van der Waals surface area contributed by atoms with Gasteiger partial charge in [0.2, 0.25) is 5.91 Å². The summed E-state index contributed by atoms with van der Waals surface area (Å²) in [4.78, 5) is 18.2. The predicted octanol–water partition coefficient (Wildman–Crippen LogP) is 0.979. The molecule has 1 amide bonds. The van der Waals surface area contributed by atoms with Gasteiger partial charge in [0, 0.05) is 31.5 Å². The largest absolute Gasteiger partial charge is 0.378 e. The maximum absolute atomic E-state index is 12.3. The third kappa shape index (κ3) is 3.75. The number of carbonyl (C=O) groups is 1. The van der Waals surface area contributed by atoms with Crippen LogP contribution in [0.15, 0.2) is 24.5 Å². The van der Waals surface area contributed by atoms with Crippen molar-refractivity contribution in [3.8, 4) is 0 Å². The van der Waals surface area contributed by atoms with Crippen molar-refractivity contribution in [3.63, 3.8) is 0 Å². The van der Waals surface area contributed by atoms with Crippen LogP contribution in [0.1, 0.15) is 25.5 Å². The highest BCUT2D eigenvalue weighted by atomic mass is 16.5. The van der Waals surface area contributed by atoms with Crippen LogP contribution < -0.4 is 5.32 Å². The number of morpholine rings is 1. The molecule has 1 aliphatic rings. The first-order valence-electron chi connectivity index (χ1n) is 6.71. The Hall–Kier alpha value is -1.46. The van der Waals surface area contributed by atoms with Gasteiger partial charge in [0.25, 0.3) is 0 Å². The molecule has 19 heavy (non-hydrogen) atoms. The molecule has 1 aromatic rings. The second kappa shape index (κ2) is 6.63. The summed E-state index contributed by atoms with van der Waals surface area (Å²) in [7, 11) is 0. The zero-order valence-corrected chi connectivity index (χ0v) is 11.5. The van der Waals surface area contributed by atoms with Gasteiger partial charge in [-0.25, -0.2) is 0 Å². The lowest BCUT2D eigenvalue weighted by Gasteiger charge is -2.30. The fourth-order valence-electron chi connectivity index (χ4n) is 2.23. The Morgan fingerprint density at radius 1 is 1.42 bits per heavy atom. The zero-order chi connectivity index (χ0) is 13.7. The van der Waals surface area contributed by atoms with Crippen LogP contribution in [0.3, 0.4) is 0 Å². The summed E-state index contributed by atoms with van der Waals surface area (Å²) < 4.78 is 5.26. The van der Waals surface area contributed by atoms with Crippen LogP contribution in [-0.2, 0) is 9.53 Å². The Kier molecular flexibility index (Phi) is 4.87. The lowest BCUT2D eigenvalue weighted by molar-refractivity contribution is -0.137. The highest BCUT2D eigenvalue weighted by molar-refractivity contribution is 5.81. The van der Waals surface area contributed by atoms with E-state index in [-0.39, 0.29) is 18.0 Å². The minimum atomic E-state index is -0.201. The van der Waals surface area contributed by atoms with Crippen LogP contribution in [-0.4, -0.2) is 48.1 Å². The van der Waals surface area contributed by atoms with Crippen LogP contribution in [0.2, 0.25) is 0 Å². The first-order valence-corrected chi connectivity index (χ1v) is 6.71. The normalized spacial score (nSPS) is 18.9. The van der Waals surface area contributed by atoms with Gasteiger partial charge < -0.3 is 9.64 Å². The quantitative estimate of drug-likeness (QED) is 0.880. The van der Waals surface area contributed by atoms with E-state index in [4.69, 9.17) is 4.74 Å². The summed E-state index contributed by atoms with van der Waals surface area (Å²) >= 11 is 0. The van der Waals surface area contributed by atoms with Crippen LogP contribution in [0.5, 0.6) is 0 Å². The topological polar surface area (TPSA) is 54.5 Å². The third-order valence-corrected chi connectivity index (χ3v) is 3.38. The van der Waals surface area contributed by atoms with Gasteiger partial charge in [0.1, 0.15) is 0 Å². The highest BCUT2D eigenvalue weighted by Gasteiger charge is 2.23. The molecule has 1 aromatic heterocycles. The molecule has 2 atom stereocenters. The van der Waals surface area contributed by atoms with Crippen LogP contribution in [0.4, 0.5) is 0 Å². The van der Waals surface area contributed by atoms with E-state index in [1.165, 1.54) is 0 Å². The fraction of sp³-hybridized carbons (Fsp3) is 0.571. The van der Waals surface area contributed by atoms with Crippen molar-refractivity contribution in [2.45, 2.75) is 25.9 Å². The molecule has 2 heterocycles. The summed E-state index contributed by atoms with van der Waals surface area (Å²) in [6.45, 7) is 6.59. The number of hydrogen-bond donors (Lipinski definition) is 1. The van der Waals surface area contributed by atoms with E-state index in [1.54, 1.807) is 6.20 Å². The number of rotatable bonds is 4. The second-order valence-electron chi connectivity index (χ2n) is 4.83. The molecule has 5 heteroatoms. The molecule has 0 aromatic carbocycles. The minimum absolute atomic E-state index is 0.105. The van der Waals surface area contributed by atoms with E-state index < -0.39 is 0 Å². The van der Waals surface area contributed by atoms with Gasteiger partial charge in [-0.3, -0.25) is 15.1 Å². The molecule has 104 valence electrons. The maximum atomic E-state index is 12.3. The molecular weight excluding hydrogens is 242 g/mol. The Morgan fingerprint density at radius 2 is 2.16 bits per heavy atom. The minimum Gasteiger partial charge on any atom is -0.378 e. The summed E-state index contributed by atoms with van der Waals surface area (Å²) in [5.41, 5.74) is 1.09. The number of nitrogens with zero attached hydrogens (tertiary/aromatic N) is 2. The van der Waals surface area contributed by atoms with E-state index in [2.05, 4.69) is 10.3 Å². The second-order valence-corrected chi connectivity index (χ2v) is 4.83. The van der Waals surface area contributed by atoms with Crippen molar-refractivity contribution < 1.29 is 9.53 Å². The Bertz CT molecular complexity index is 404. The molecule has 1 fully saturated rings. The smallest absolute Gasteiger partial charge is 0.239 e. The molecule has 0 aliphatic carbocycles. The number of pyridine rings is 1. The molecule has 0 saturated carbocycles. The SMILES string of the molecule is CC(NC(C)c1cccnc1)C(=O)N1CCOCC1. The molecule has 0 radical (unpaired) electrons. The van der Waals surface area contributed by atoms with Gasteiger partial charge in [-0.2, -0.15) is 0 Å². The van der Waals surface area contributed by atoms with Crippen molar-refractivity contribution in [1.82, 2.24) is 15.2 Å². The maximum Gasteiger partial charge on any atom is 0.239 e. The van der Waals surface area contributed by atoms with Gasteiger partial charge in [-0.1, -0.05) is 6.07 Å². The predicted molar refractivity (Wildman–Crippen MR) is 72.6 cm³/mol. The van der Waals surface area contributed by atoms with Gasteiger partial charge >= 0.3 is 0 Å². The molecule has 2 rings (SSSR count). The summed E-state index contributed by atoms with van der Waals surface area (Å²) in [6.07, 6.45) is 3.57. The number of aromatic nitrogens is 1. The van der Waals surface area contributed by atoms with E-state index in [0.29, 0.717) is 26.3 Å². The molecule has 0 bridgehead atoms. The Balaban J connectivity index is 1.89. The molecule has 1 saturated heterocycles. The van der Waals surface area contributed by atoms with Crippen molar-refractivity contribution in [3.05, 3.63) is 30.1 Å². The molecule has 5 nitrogen and oxygen atoms in total. The first kappa shape index (κ1) is 14.0. The first-order chi connectivity index (χ1) is 9.18. The summed E-state index contributed by atoms with van der Waals surface area (Å²) in [6, 6.07) is 3.82. The number of hydrogen-bond acceptors (Lipinski definition) is 4. The number of nitrogens with one attached hydrogen (secondary N) is 1. The van der Waals surface area contributed by atoms with Crippen molar-refractivity contribution in [2.24, 2.45) is 0 Å². The highest BCUT2D eigenvalue weighted by Crippen LogP contribution is 2.11. The van der Waals surface area contributed by atoms with E-state index in [0.717, 1.165) is 5.56 Å². The van der Waals surface area contributed by atoms with E-state index in [1.807, 2.05) is 37.1 Å². The molecule has 2 unspecified atom stereocenters. The van der Waals surface area contributed by atoms with Crippen LogP contribution >= 0.6 is 0 Å². The van der Waals surface area contributed by atoms with E-state index >= 15 is 0 Å². The fourth-order valence-corrected chi connectivity index (χ4v) is 2.23. The van der Waals surface area contributed by atoms with Crippen molar-refractivity contribution in [1.29, 1.82) is 0 Å². The van der Waals surface area contributed by atoms with Gasteiger partial charge in [0.05, 0.1) is 19.3 Å². The average Bonchev–Trinajstić information content (AvgIpc) is 2.48. The zero-order valence-electron chi connectivity index (χ0n) is 11.5. The molecule has 1 N–H and O–H groups in total. The molecule has 0 spiro atoms. The third-order valence-electron chi connectivity index (χ3n) is 3.38. The van der Waals surface area contributed by atoms with Crippen molar-refractivity contribution in [2.75, 3.05) is 26.3 Å². The summed E-state index contributed by atoms with van der Waals surface area (Å²) in [5, 5.41) is 3.32. The molecule has 1 aliphatic heterocycles. The Morgan fingerprint density at radius 3 is 2.79 bits per heavy atom. The van der Waals surface area contributed by atoms with E-state index in [9.17, 15) is 4.79 Å². The number of carbonyl (C=O) groups excluding carboxylic acids is 1. The van der Waals surface area contributed by atoms with Gasteiger partial charge in [-0.05, 0) is 25.5 Å². The molecular formula is C14H21N3O2. The lowest BCUT2D eigenvalue weighted by atomic mass is 10.1. The summed E-state index contributed by atoms with van der Waals surface area (Å²) in [5.74, 6) is 0.138. The number of ether oxygens (including phenoxy) is 1. The van der Waals surface area contributed by atoms with Gasteiger partial charge in [-0.15, -0.1) is 0 Å². The van der Waals surface area contributed by atoms with Crippen molar-refractivity contribution >= 4 is 5.91 Å². The van der Waals surface area contributed by atoms with Gasteiger partial charge in [0.15, 0.2) is 0 Å². The standard InChI is InChI=1S/C14H21N3O2/c1-11(13-4-3-5-15-10-13)16-12(2)14(18)17-6-8-19-9-7-17/h3-5,10-12,16H,6-9H2,1-2H3. The van der Waals surface area contributed by atoms with Crippen LogP contribution in [0, 0.1) is 0 Å². The lowest BCUT2D eigenvalue weighted by Crippen LogP contribution is -2.49. The Labute approximate surface area is 114 Å². The average molecular weight is 263 g/mol. The van der Waals surface area contributed by atoms with Crippen LogP contribution in [0.25, 0.3) is 0 Å². The number of amides is 1.